The van der Waals surface area contributed by atoms with Crippen LogP contribution in [-0.4, -0.2) is 69.5 Å². The zero-order chi connectivity index (χ0) is 28.9. The lowest BCUT2D eigenvalue weighted by atomic mass is 10.0. The molecule has 13 heteroatoms. The Kier molecular flexibility index (Phi) is 9.66. The first-order chi connectivity index (χ1) is 19.0. The molecule has 2 aromatic rings. The van der Waals surface area contributed by atoms with Crippen LogP contribution in [0.5, 0.6) is 0 Å². The summed E-state index contributed by atoms with van der Waals surface area (Å²) in [4.78, 5) is 14.9. The number of nitrogens with zero attached hydrogens (tertiary/aromatic N) is 2. The Morgan fingerprint density at radius 3 is 2.50 bits per heavy atom. The Balaban J connectivity index is 1.52. The number of nitrogens with one attached hydrogen (secondary N) is 2. The maximum absolute atomic E-state index is 15.4. The number of hydrogen-bond donors (Lipinski definition) is 2. The van der Waals surface area contributed by atoms with Crippen molar-refractivity contribution in [2.24, 2.45) is 0 Å². The third-order valence-electron chi connectivity index (χ3n) is 7.26. The Labute approximate surface area is 236 Å². The number of alkyl halides is 1. The molecule has 1 aliphatic carbocycles. The summed E-state index contributed by atoms with van der Waals surface area (Å²) in [5, 5.41) is 12.8. The molecule has 4 rings (SSSR count). The summed E-state index contributed by atoms with van der Waals surface area (Å²) in [6, 6.07) is 9.14. The van der Waals surface area contributed by atoms with E-state index in [0.717, 1.165) is 17.0 Å². The molecule has 2 aliphatic rings. The van der Waals surface area contributed by atoms with E-state index < -0.39 is 38.4 Å². The highest BCUT2D eigenvalue weighted by atomic mass is 32.2. The minimum atomic E-state index is -4.49. The predicted octanol–water partition coefficient (Wildman–Crippen LogP) is 4.22. The van der Waals surface area contributed by atoms with Gasteiger partial charge in [0, 0.05) is 43.4 Å². The number of benzene rings is 2. The van der Waals surface area contributed by atoms with Crippen molar-refractivity contribution in [1.82, 2.24) is 9.62 Å². The highest BCUT2D eigenvalue weighted by Crippen LogP contribution is 2.34. The SMILES string of the molecule is COC1(C(=O)NS(=O)(=O)c2cc(F)c(N[C@H](CCN3CC(F)C3)CSc3ccc(F)cc3)c(C#N)c2)CCCC1. The van der Waals surface area contributed by atoms with Crippen molar-refractivity contribution in [1.29, 1.82) is 5.26 Å². The molecule has 1 amide bonds. The van der Waals surface area contributed by atoms with Crippen LogP contribution in [0.4, 0.5) is 18.9 Å². The van der Waals surface area contributed by atoms with E-state index in [9.17, 15) is 27.3 Å². The van der Waals surface area contributed by atoms with Crippen LogP contribution in [0.25, 0.3) is 0 Å². The second kappa shape index (κ2) is 12.8. The number of ether oxygens (including phenoxy) is 1. The minimum absolute atomic E-state index is 0.173. The number of amides is 1. The van der Waals surface area contributed by atoms with Gasteiger partial charge in [-0.1, -0.05) is 0 Å². The van der Waals surface area contributed by atoms with Crippen LogP contribution in [0.15, 0.2) is 46.2 Å². The Bertz CT molecular complexity index is 1360. The fourth-order valence-corrected chi connectivity index (χ4v) is 6.92. The van der Waals surface area contributed by atoms with Gasteiger partial charge in [0.15, 0.2) is 0 Å². The molecule has 1 heterocycles. The van der Waals surface area contributed by atoms with Crippen molar-refractivity contribution in [2.75, 3.05) is 37.8 Å². The van der Waals surface area contributed by atoms with E-state index in [2.05, 4.69) is 5.32 Å². The number of anilines is 1. The van der Waals surface area contributed by atoms with Gasteiger partial charge in [0.1, 0.15) is 29.5 Å². The van der Waals surface area contributed by atoms with Crippen LogP contribution in [-0.2, 0) is 19.6 Å². The van der Waals surface area contributed by atoms with Crippen LogP contribution in [0.1, 0.15) is 37.7 Å². The average Bonchev–Trinajstić information content (AvgIpc) is 3.41. The molecule has 8 nitrogen and oxygen atoms in total. The van der Waals surface area contributed by atoms with Crippen LogP contribution < -0.4 is 10.0 Å². The van der Waals surface area contributed by atoms with Gasteiger partial charge in [-0.15, -0.1) is 11.8 Å². The van der Waals surface area contributed by atoms with E-state index in [-0.39, 0.29) is 23.1 Å². The summed E-state index contributed by atoms with van der Waals surface area (Å²) < 4.78 is 75.2. The number of halogens is 3. The number of thioether (sulfide) groups is 1. The Morgan fingerprint density at radius 2 is 1.90 bits per heavy atom. The van der Waals surface area contributed by atoms with E-state index in [1.54, 1.807) is 12.1 Å². The number of rotatable bonds is 12. The number of carbonyl (C=O) groups is 1. The molecular weight excluding hydrogens is 565 g/mol. The third-order valence-corrected chi connectivity index (χ3v) is 9.74. The molecule has 2 aromatic carbocycles. The molecule has 1 aliphatic heterocycles. The van der Waals surface area contributed by atoms with Crippen molar-refractivity contribution in [3.8, 4) is 6.07 Å². The second-order valence-electron chi connectivity index (χ2n) is 10.0. The molecule has 0 aromatic heterocycles. The number of sulfonamides is 1. The summed E-state index contributed by atoms with van der Waals surface area (Å²) >= 11 is 1.40. The summed E-state index contributed by atoms with van der Waals surface area (Å²) in [6.45, 7) is 1.17. The van der Waals surface area contributed by atoms with Crippen molar-refractivity contribution >= 4 is 33.4 Å². The second-order valence-corrected chi connectivity index (χ2v) is 12.8. The normalized spacial score (nSPS) is 18.1. The van der Waals surface area contributed by atoms with E-state index in [4.69, 9.17) is 4.74 Å². The van der Waals surface area contributed by atoms with Crippen LogP contribution in [0, 0.1) is 23.0 Å². The molecule has 0 spiro atoms. The lowest BCUT2D eigenvalue weighted by Crippen LogP contribution is -2.49. The maximum atomic E-state index is 15.4. The molecular formula is C27H31F3N4O4S2. The highest BCUT2D eigenvalue weighted by Gasteiger charge is 2.43. The number of methoxy groups -OCH3 is 1. The van der Waals surface area contributed by atoms with Gasteiger partial charge in [0.05, 0.1) is 16.1 Å². The largest absolute Gasteiger partial charge is 0.378 e. The summed E-state index contributed by atoms with van der Waals surface area (Å²) in [7, 11) is -3.15. The molecule has 0 unspecified atom stereocenters. The maximum Gasteiger partial charge on any atom is 0.265 e. The molecule has 0 bridgehead atoms. The number of hydrogen-bond acceptors (Lipinski definition) is 8. The molecule has 1 atom stereocenters. The first-order valence-electron chi connectivity index (χ1n) is 12.9. The summed E-state index contributed by atoms with van der Waals surface area (Å²) in [5.41, 5.74) is -1.69. The van der Waals surface area contributed by atoms with E-state index >= 15 is 4.39 Å². The van der Waals surface area contributed by atoms with Crippen molar-refractivity contribution in [2.45, 2.75) is 59.7 Å². The summed E-state index contributed by atoms with van der Waals surface area (Å²) in [5.74, 6) is -1.75. The molecule has 2 fully saturated rings. The Hall–Kier alpha value is -2.79. The average molecular weight is 597 g/mol. The first-order valence-corrected chi connectivity index (χ1v) is 15.4. The lowest BCUT2D eigenvalue weighted by molar-refractivity contribution is -0.140. The van der Waals surface area contributed by atoms with E-state index in [0.29, 0.717) is 57.5 Å². The van der Waals surface area contributed by atoms with Gasteiger partial charge < -0.3 is 10.1 Å². The number of nitriles is 1. The lowest BCUT2D eigenvalue weighted by Gasteiger charge is -2.35. The van der Waals surface area contributed by atoms with Gasteiger partial charge in [-0.05, 0) is 68.5 Å². The van der Waals surface area contributed by atoms with Crippen molar-refractivity contribution < 1.29 is 31.1 Å². The van der Waals surface area contributed by atoms with Crippen molar-refractivity contribution in [3.63, 3.8) is 0 Å². The molecule has 216 valence electrons. The smallest absolute Gasteiger partial charge is 0.265 e. The zero-order valence-corrected chi connectivity index (χ0v) is 23.6. The first kappa shape index (κ1) is 30.2. The minimum Gasteiger partial charge on any atom is -0.378 e. The molecule has 2 N–H and O–H groups in total. The monoisotopic (exact) mass is 596 g/mol. The fourth-order valence-electron chi connectivity index (χ4n) is 4.87. The molecule has 1 saturated heterocycles. The third kappa shape index (κ3) is 7.09. The van der Waals surface area contributed by atoms with Crippen LogP contribution in [0.2, 0.25) is 0 Å². The van der Waals surface area contributed by atoms with Gasteiger partial charge in [-0.25, -0.2) is 26.3 Å². The van der Waals surface area contributed by atoms with Crippen molar-refractivity contribution in [3.05, 3.63) is 53.6 Å². The van der Waals surface area contributed by atoms with Crippen LogP contribution in [0.3, 0.4) is 0 Å². The van der Waals surface area contributed by atoms with Gasteiger partial charge in [0.25, 0.3) is 15.9 Å². The summed E-state index contributed by atoms with van der Waals surface area (Å²) in [6.07, 6.45) is 1.77. The topological polar surface area (TPSA) is 112 Å². The number of likely N-dealkylation sites (tertiary alicyclic amines) is 1. The van der Waals surface area contributed by atoms with Gasteiger partial charge >= 0.3 is 0 Å². The predicted molar refractivity (Wildman–Crippen MR) is 145 cm³/mol. The highest BCUT2D eigenvalue weighted by molar-refractivity contribution is 7.99. The van der Waals surface area contributed by atoms with Gasteiger partial charge in [-0.3, -0.25) is 9.69 Å². The molecule has 1 saturated carbocycles. The standard InChI is InChI=1S/C27H31F3N4O4S2/c1-38-27(9-2-3-10-27)26(35)33-40(36,37)23-12-18(14-31)25(24(30)13-23)32-21(8-11-34-15-20(29)16-34)17-39-22-6-4-19(28)5-7-22/h4-7,12-13,20-21,32H,2-3,8-11,15-17H2,1H3,(H,33,35)/t21-/m1/s1. The molecule has 0 radical (unpaired) electrons. The van der Waals surface area contributed by atoms with Crippen LogP contribution >= 0.6 is 11.8 Å². The van der Waals surface area contributed by atoms with Gasteiger partial charge in [-0.2, -0.15) is 5.26 Å². The van der Waals surface area contributed by atoms with E-state index in [1.165, 1.54) is 31.0 Å². The Morgan fingerprint density at radius 1 is 1.23 bits per heavy atom. The molecule has 40 heavy (non-hydrogen) atoms. The van der Waals surface area contributed by atoms with Gasteiger partial charge in [0.2, 0.25) is 0 Å². The zero-order valence-electron chi connectivity index (χ0n) is 22.0. The fraction of sp³-hybridized carbons (Fsp3) is 0.481. The van der Waals surface area contributed by atoms with E-state index in [1.807, 2.05) is 15.7 Å². The quantitative estimate of drug-likeness (QED) is 0.351. The number of carbonyl (C=O) groups excluding carboxylic acids is 1.